The van der Waals surface area contributed by atoms with Gasteiger partial charge in [0.15, 0.2) is 0 Å². The van der Waals surface area contributed by atoms with Gasteiger partial charge in [-0.1, -0.05) is 9.39 Å². The molecule has 2 saturated heterocycles. The minimum absolute atomic E-state index is 0.666. The van der Waals surface area contributed by atoms with Gasteiger partial charge in [0.05, 0.1) is 19.4 Å². The number of nitrogens with zero attached hydrogens (tertiary/aromatic N) is 2. The van der Waals surface area contributed by atoms with E-state index in [-0.39, 0.29) is 0 Å². The number of rotatable bonds is 1. The summed E-state index contributed by atoms with van der Waals surface area (Å²) in [6.07, 6.45) is 3.33. The van der Waals surface area contributed by atoms with E-state index in [0.717, 1.165) is 26.3 Å². The molecule has 2 fully saturated rings. The van der Waals surface area contributed by atoms with E-state index in [9.17, 15) is 0 Å². The smallest absolute Gasteiger partial charge is 0.0654 e. The number of hydrogen-bond acceptors (Lipinski definition) is 3. The Kier molecular flexibility index (Phi) is 2.97. The average molecular weight is 188 g/mol. The Morgan fingerprint density at radius 3 is 2.50 bits per heavy atom. The molecule has 70 valence electrons. The standard InChI is InChI=1S/C8H17N2OP/c12-10-3-1-2-8(10)9-4-6-11-7-5-9/h8H,1-7,12H2. The molecular weight excluding hydrogens is 171 g/mol. The molecule has 2 atom stereocenters. The van der Waals surface area contributed by atoms with Gasteiger partial charge in [0.2, 0.25) is 0 Å². The zero-order valence-electron chi connectivity index (χ0n) is 7.41. The van der Waals surface area contributed by atoms with E-state index >= 15 is 0 Å². The zero-order chi connectivity index (χ0) is 8.39. The molecule has 2 unspecified atom stereocenters. The largest absolute Gasteiger partial charge is 0.379 e. The van der Waals surface area contributed by atoms with Crippen LogP contribution in [0.15, 0.2) is 0 Å². The summed E-state index contributed by atoms with van der Waals surface area (Å²) in [5.74, 6) is 0. The minimum atomic E-state index is 0.666. The van der Waals surface area contributed by atoms with E-state index in [1.165, 1.54) is 19.4 Å². The predicted molar refractivity (Wildman–Crippen MR) is 51.8 cm³/mol. The first-order valence-corrected chi connectivity index (χ1v) is 5.23. The maximum atomic E-state index is 5.33. The van der Waals surface area contributed by atoms with Gasteiger partial charge in [0.25, 0.3) is 0 Å². The van der Waals surface area contributed by atoms with Crippen LogP contribution in [0.2, 0.25) is 0 Å². The van der Waals surface area contributed by atoms with Gasteiger partial charge in [-0.2, -0.15) is 0 Å². The summed E-state index contributed by atoms with van der Waals surface area (Å²) in [6, 6.07) is 0. The summed E-state index contributed by atoms with van der Waals surface area (Å²) < 4.78 is 7.71. The molecule has 0 aromatic rings. The Bertz CT molecular complexity index is 150. The summed E-state index contributed by atoms with van der Waals surface area (Å²) in [4.78, 5) is 2.53. The van der Waals surface area contributed by atoms with Crippen LogP contribution >= 0.6 is 9.39 Å². The Balaban J connectivity index is 1.89. The molecule has 2 aliphatic rings. The first-order valence-electron chi connectivity index (χ1n) is 4.71. The van der Waals surface area contributed by atoms with Gasteiger partial charge in [0.1, 0.15) is 0 Å². The van der Waals surface area contributed by atoms with Crippen molar-refractivity contribution in [2.45, 2.75) is 19.0 Å². The van der Waals surface area contributed by atoms with Crippen LogP contribution in [0.1, 0.15) is 12.8 Å². The van der Waals surface area contributed by atoms with Crippen LogP contribution in [-0.2, 0) is 4.74 Å². The second-order valence-corrected chi connectivity index (χ2v) is 4.17. The molecule has 12 heavy (non-hydrogen) atoms. The Labute approximate surface area is 76.3 Å². The van der Waals surface area contributed by atoms with E-state index in [2.05, 4.69) is 19.0 Å². The van der Waals surface area contributed by atoms with E-state index in [1.54, 1.807) is 0 Å². The fraction of sp³-hybridized carbons (Fsp3) is 1.00. The van der Waals surface area contributed by atoms with E-state index < -0.39 is 0 Å². The molecule has 2 rings (SSSR count). The fourth-order valence-corrected chi connectivity index (χ4v) is 2.56. The molecule has 0 spiro atoms. The molecule has 3 nitrogen and oxygen atoms in total. The van der Waals surface area contributed by atoms with Crippen molar-refractivity contribution in [1.82, 2.24) is 9.57 Å². The van der Waals surface area contributed by atoms with Crippen molar-refractivity contribution in [2.24, 2.45) is 0 Å². The van der Waals surface area contributed by atoms with Crippen LogP contribution in [0, 0.1) is 0 Å². The van der Waals surface area contributed by atoms with Crippen molar-refractivity contribution in [3.8, 4) is 0 Å². The monoisotopic (exact) mass is 188 g/mol. The van der Waals surface area contributed by atoms with Crippen molar-refractivity contribution < 1.29 is 4.74 Å². The summed E-state index contributed by atoms with van der Waals surface area (Å²) >= 11 is 0. The Morgan fingerprint density at radius 2 is 1.92 bits per heavy atom. The van der Waals surface area contributed by atoms with Crippen LogP contribution < -0.4 is 0 Å². The second kappa shape index (κ2) is 4.01. The molecule has 2 heterocycles. The molecule has 0 amide bonds. The lowest BCUT2D eigenvalue weighted by molar-refractivity contribution is -0.000457. The second-order valence-electron chi connectivity index (χ2n) is 3.51. The van der Waals surface area contributed by atoms with Gasteiger partial charge in [-0.05, 0) is 12.8 Å². The van der Waals surface area contributed by atoms with Crippen molar-refractivity contribution in [2.75, 3.05) is 32.8 Å². The highest BCUT2D eigenvalue weighted by molar-refractivity contribution is 7.13. The highest BCUT2D eigenvalue weighted by Crippen LogP contribution is 2.24. The molecular formula is C8H17N2OP. The topological polar surface area (TPSA) is 15.7 Å². The maximum absolute atomic E-state index is 5.33. The highest BCUT2D eigenvalue weighted by Gasteiger charge is 2.27. The molecule has 4 heteroatoms. The van der Waals surface area contributed by atoms with Gasteiger partial charge in [-0.25, -0.2) is 0 Å². The van der Waals surface area contributed by atoms with E-state index in [1.807, 2.05) is 0 Å². The zero-order valence-corrected chi connectivity index (χ0v) is 8.56. The number of morpholine rings is 1. The van der Waals surface area contributed by atoms with Crippen molar-refractivity contribution in [1.29, 1.82) is 0 Å². The lowest BCUT2D eigenvalue weighted by atomic mass is 10.3. The van der Waals surface area contributed by atoms with Gasteiger partial charge >= 0.3 is 0 Å². The van der Waals surface area contributed by atoms with Crippen LogP contribution in [0.3, 0.4) is 0 Å². The summed E-state index contributed by atoms with van der Waals surface area (Å²) in [7, 11) is 2.83. The molecule has 2 aliphatic heterocycles. The van der Waals surface area contributed by atoms with Crippen LogP contribution in [0.25, 0.3) is 0 Å². The molecule has 0 aromatic carbocycles. The fourth-order valence-electron chi connectivity index (χ4n) is 2.04. The Morgan fingerprint density at radius 1 is 1.17 bits per heavy atom. The predicted octanol–water partition coefficient (Wildman–Crippen LogP) is 0.531. The SMILES string of the molecule is PN1CCCC1N1CCOCC1. The molecule has 0 radical (unpaired) electrons. The number of hydrogen-bond donors (Lipinski definition) is 0. The van der Waals surface area contributed by atoms with Gasteiger partial charge < -0.3 is 4.74 Å². The first-order chi connectivity index (χ1) is 5.88. The van der Waals surface area contributed by atoms with Crippen LogP contribution in [-0.4, -0.2) is 48.6 Å². The van der Waals surface area contributed by atoms with Crippen molar-refractivity contribution >= 4 is 9.39 Å². The lowest BCUT2D eigenvalue weighted by Crippen LogP contribution is -2.46. The Hall–Kier alpha value is 0.310. The number of ether oxygens (including phenoxy) is 1. The minimum Gasteiger partial charge on any atom is -0.379 e. The quantitative estimate of drug-likeness (QED) is 0.558. The molecule has 0 aliphatic carbocycles. The maximum Gasteiger partial charge on any atom is 0.0654 e. The third-order valence-corrected chi connectivity index (χ3v) is 3.33. The molecule has 0 aromatic heterocycles. The average Bonchev–Trinajstić information content (AvgIpc) is 2.53. The molecule has 0 bridgehead atoms. The van der Waals surface area contributed by atoms with E-state index in [4.69, 9.17) is 4.74 Å². The summed E-state index contributed by atoms with van der Waals surface area (Å²) in [5, 5.41) is 0. The third kappa shape index (κ3) is 1.80. The van der Waals surface area contributed by atoms with Gasteiger partial charge in [-0.3, -0.25) is 9.57 Å². The normalized spacial score (nSPS) is 34.2. The molecule has 0 saturated carbocycles. The van der Waals surface area contributed by atoms with Gasteiger partial charge in [0, 0.05) is 19.6 Å². The molecule has 0 N–H and O–H groups in total. The lowest BCUT2D eigenvalue weighted by Gasteiger charge is -2.35. The third-order valence-electron chi connectivity index (χ3n) is 2.73. The first kappa shape index (κ1) is 8.89. The van der Waals surface area contributed by atoms with Crippen LogP contribution in [0.4, 0.5) is 0 Å². The van der Waals surface area contributed by atoms with Crippen molar-refractivity contribution in [3.05, 3.63) is 0 Å². The summed E-state index contributed by atoms with van der Waals surface area (Å²) in [6.45, 7) is 5.27. The van der Waals surface area contributed by atoms with Gasteiger partial charge in [-0.15, -0.1) is 0 Å². The van der Waals surface area contributed by atoms with Crippen molar-refractivity contribution in [3.63, 3.8) is 0 Å². The summed E-state index contributed by atoms with van der Waals surface area (Å²) in [5.41, 5.74) is 0. The van der Waals surface area contributed by atoms with Crippen LogP contribution in [0.5, 0.6) is 0 Å². The highest BCUT2D eigenvalue weighted by atomic mass is 31.0. The van der Waals surface area contributed by atoms with E-state index in [0.29, 0.717) is 6.17 Å².